The number of nitrogens with zero attached hydrogens (tertiary/aromatic N) is 3. The summed E-state index contributed by atoms with van der Waals surface area (Å²) < 4.78 is 13.2. The summed E-state index contributed by atoms with van der Waals surface area (Å²) in [5.41, 5.74) is 0.499. The molecular weight excluding hydrogens is 338 g/mol. The number of thioether (sulfide) groups is 1. The van der Waals surface area contributed by atoms with Crippen LogP contribution in [0.2, 0.25) is 0 Å². The number of ether oxygens (including phenoxy) is 2. The van der Waals surface area contributed by atoms with Gasteiger partial charge in [-0.25, -0.2) is 0 Å². The fraction of sp³-hybridized carbons (Fsp3) is 0.500. The van der Waals surface area contributed by atoms with Crippen LogP contribution in [0.15, 0.2) is 23.4 Å². The molecule has 1 aromatic carbocycles. The van der Waals surface area contributed by atoms with Crippen molar-refractivity contribution in [2.24, 2.45) is 0 Å². The third-order valence-corrected chi connectivity index (χ3v) is 4.75. The van der Waals surface area contributed by atoms with Crippen LogP contribution in [0.5, 0.6) is 11.5 Å². The molecule has 0 atom stereocenters. The molecule has 1 aromatic heterocycles. The average molecular weight is 363 g/mol. The van der Waals surface area contributed by atoms with Gasteiger partial charge in [0.2, 0.25) is 0 Å². The Bertz CT molecular complexity index is 701. The zero-order valence-electron chi connectivity index (χ0n) is 15.2. The maximum absolute atomic E-state index is 11.1. The highest BCUT2D eigenvalue weighted by Crippen LogP contribution is 2.30. The molecule has 0 amide bonds. The van der Waals surface area contributed by atoms with Crippen molar-refractivity contribution < 1.29 is 14.3 Å². The molecule has 7 heteroatoms. The molecule has 2 rings (SSSR count). The van der Waals surface area contributed by atoms with Crippen LogP contribution in [0, 0.1) is 0 Å². The van der Waals surface area contributed by atoms with Crippen molar-refractivity contribution in [3.05, 3.63) is 29.6 Å². The number of carbonyl (C=O) groups is 1. The largest absolute Gasteiger partial charge is 0.493 e. The van der Waals surface area contributed by atoms with E-state index in [4.69, 9.17) is 9.47 Å². The van der Waals surface area contributed by atoms with Crippen LogP contribution in [0.25, 0.3) is 0 Å². The van der Waals surface area contributed by atoms with Crippen LogP contribution in [0.4, 0.5) is 0 Å². The summed E-state index contributed by atoms with van der Waals surface area (Å²) in [5.74, 6) is 3.32. The van der Waals surface area contributed by atoms with Gasteiger partial charge in [-0.3, -0.25) is 4.79 Å². The lowest BCUT2D eigenvalue weighted by molar-refractivity contribution is 0.111. The Morgan fingerprint density at radius 3 is 2.76 bits per heavy atom. The minimum atomic E-state index is 0.359. The Labute approximate surface area is 152 Å². The number of carbonyl (C=O) groups excluding carboxylic acids is 1. The van der Waals surface area contributed by atoms with Gasteiger partial charge in [0, 0.05) is 18.2 Å². The maximum Gasteiger partial charge on any atom is 0.191 e. The number of hydrogen-bond donors (Lipinski definition) is 0. The highest BCUT2D eigenvalue weighted by molar-refractivity contribution is 7.99. The van der Waals surface area contributed by atoms with Gasteiger partial charge >= 0.3 is 0 Å². The number of para-hydroxylation sites is 1. The molecule has 25 heavy (non-hydrogen) atoms. The normalized spacial score (nSPS) is 10.9. The van der Waals surface area contributed by atoms with Gasteiger partial charge in [-0.15, -0.1) is 10.2 Å². The van der Waals surface area contributed by atoms with Crippen LogP contribution in [0.1, 0.15) is 49.3 Å². The molecule has 2 aromatic rings. The fourth-order valence-electron chi connectivity index (χ4n) is 2.47. The number of rotatable bonds is 10. The summed E-state index contributed by atoms with van der Waals surface area (Å²) in [6.45, 7) is 7.71. The van der Waals surface area contributed by atoms with Gasteiger partial charge in [0.05, 0.1) is 19.3 Å². The van der Waals surface area contributed by atoms with E-state index < -0.39 is 0 Å². The number of aldehydes is 1. The molecule has 0 fully saturated rings. The first-order valence-electron chi connectivity index (χ1n) is 8.43. The van der Waals surface area contributed by atoms with E-state index in [1.165, 1.54) is 0 Å². The lowest BCUT2D eigenvalue weighted by Gasteiger charge is -2.12. The molecule has 0 spiro atoms. The molecule has 0 saturated heterocycles. The summed E-state index contributed by atoms with van der Waals surface area (Å²) in [5, 5.41) is 9.51. The van der Waals surface area contributed by atoms with E-state index in [0.717, 1.165) is 36.0 Å². The van der Waals surface area contributed by atoms with Crippen LogP contribution in [-0.2, 0) is 6.54 Å². The molecule has 1 heterocycles. The van der Waals surface area contributed by atoms with Gasteiger partial charge in [-0.05, 0) is 25.5 Å². The number of benzene rings is 1. The van der Waals surface area contributed by atoms with Crippen molar-refractivity contribution in [1.82, 2.24) is 14.8 Å². The van der Waals surface area contributed by atoms with Gasteiger partial charge in [0.1, 0.15) is 5.82 Å². The zero-order valence-corrected chi connectivity index (χ0v) is 16.0. The molecule has 0 unspecified atom stereocenters. The molecular formula is C18H25N3O3S. The molecule has 0 aliphatic carbocycles. The van der Waals surface area contributed by atoms with E-state index in [1.54, 1.807) is 37.1 Å². The number of aromatic nitrogens is 3. The predicted octanol–water partition coefficient (Wildman–Crippen LogP) is 3.80. The first kappa shape index (κ1) is 19.3. The minimum absolute atomic E-state index is 0.359. The van der Waals surface area contributed by atoms with E-state index in [2.05, 4.69) is 35.5 Å². The number of methoxy groups -OCH3 is 1. The second-order valence-electron chi connectivity index (χ2n) is 5.79. The van der Waals surface area contributed by atoms with E-state index in [1.807, 2.05) is 0 Å². The van der Waals surface area contributed by atoms with Gasteiger partial charge in [-0.1, -0.05) is 31.7 Å². The van der Waals surface area contributed by atoms with Crippen molar-refractivity contribution in [2.75, 3.05) is 19.5 Å². The molecule has 6 nitrogen and oxygen atoms in total. The third-order valence-electron chi connectivity index (χ3n) is 3.70. The SMILES string of the molecule is CCn1c(SCCCOc2c(C=O)cccc2OC)nnc1C(C)C. The van der Waals surface area contributed by atoms with Crippen molar-refractivity contribution in [3.8, 4) is 11.5 Å². The maximum atomic E-state index is 11.1. The summed E-state index contributed by atoms with van der Waals surface area (Å²) >= 11 is 1.67. The lowest BCUT2D eigenvalue weighted by Crippen LogP contribution is -2.06. The average Bonchev–Trinajstić information content (AvgIpc) is 3.04. The predicted molar refractivity (Wildman–Crippen MR) is 99.0 cm³/mol. The second kappa shape index (κ2) is 9.46. The summed E-state index contributed by atoms with van der Waals surface area (Å²) in [7, 11) is 1.57. The van der Waals surface area contributed by atoms with Gasteiger partial charge in [0.25, 0.3) is 0 Å². The summed E-state index contributed by atoms with van der Waals surface area (Å²) in [4.78, 5) is 11.1. The summed E-state index contributed by atoms with van der Waals surface area (Å²) in [6, 6.07) is 5.28. The molecule has 0 radical (unpaired) electrons. The number of hydrogen-bond acceptors (Lipinski definition) is 6. The third kappa shape index (κ3) is 4.75. The molecule has 0 aliphatic rings. The van der Waals surface area contributed by atoms with Crippen molar-refractivity contribution in [1.29, 1.82) is 0 Å². The Hall–Kier alpha value is -2.02. The van der Waals surface area contributed by atoms with Crippen LogP contribution >= 0.6 is 11.8 Å². The first-order valence-corrected chi connectivity index (χ1v) is 9.41. The van der Waals surface area contributed by atoms with E-state index in [0.29, 0.717) is 29.6 Å². The van der Waals surface area contributed by atoms with E-state index >= 15 is 0 Å². The van der Waals surface area contributed by atoms with Crippen LogP contribution in [0.3, 0.4) is 0 Å². The fourth-order valence-corrected chi connectivity index (χ4v) is 3.39. The molecule has 0 N–H and O–H groups in total. The molecule has 136 valence electrons. The zero-order chi connectivity index (χ0) is 18.2. The topological polar surface area (TPSA) is 66.2 Å². The second-order valence-corrected chi connectivity index (χ2v) is 6.85. The van der Waals surface area contributed by atoms with Crippen LogP contribution in [-0.4, -0.2) is 40.5 Å². The monoisotopic (exact) mass is 363 g/mol. The minimum Gasteiger partial charge on any atom is -0.493 e. The summed E-state index contributed by atoms with van der Waals surface area (Å²) in [6.07, 6.45) is 1.61. The Morgan fingerprint density at radius 1 is 1.32 bits per heavy atom. The lowest BCUT2D eigenvalue weighted by atomic mass is 10.2. The standard InChI is InChI=1S/C18H25N3O3S/c1-5-21-17(13(2)3)19-20-18(21)25-11-7-10-24-16-14(12-22)8-6-9-15(16)23-4/h6,8-9,12-13H,5,7,10-11H2,1-4H3. The smallest absolute Gasteiger partial charge is 0.191 e. The highest BCUT2D eigenvalue weighted by Gasteiger charge is 2.14. The first-order chi connectivity index (χ1) is 12.1. The van der Waals surface area contributed by atoms with Gasteiger partial charge < -0.3 is 14.0 Å². The molecule has 0 saturated carbocycles. The van der Waals surface area contributed by atoms with Crippen molar-refractivity contribution >= 4 is 18.0 Å². The van der Waals surface area contributed by atoms with Crippen LogP contribution < -0.4 is 9.47 Å². The highest BCUT2D eigenvalue weighted by atomic mass is 32.2. The molecule has 0 aliphatic heterocycles. The Morgan fingerprint density at radius 2 is 2.12 bits per heavy atom. The van der Waals surface area contributed by atoms with Crippen molar-refractivity contribution in [3.63, 3.8) is 0 Å². The van der Waals surface area contributed by atoms with Gasteiger partial charge in [-0.2, -0.15) is 0 Å². The van der Waals surface area contributed by atoms with E-state index in [9.17, 15) is 4.79 Å². The Balaban J connectivity index is 1.88. The quantitative estimate of drug-likeness (QED) is 0.363. The van der Waals surface area contributed by atoms with E-state index in [-0.39, 0.29) is 0 Å². The van der Waals surface area contributed by atoms with Crippen molar-refractivity contribution in [2.45, 2.75) is 44.8 Å². The Kier molecular flexibility index (Phi) is 7.31. The van der Waals surface area contributed by atoms with Gasteiger partial charge in [0.15, 0.2) is 22.9 Å². The molecule has 0 bridgehead atoms.